The van der Waals surface area contributed by atoms with Crippen LogP contribution in [0.25, 0.3) is 0 Å². The summed E-state index contributed by atoms with van der Waals surface area (Å²) in [5.74, 6) is 0.617. The fourth-order valence-corrected chi connectivity index (χ4v) is 1.36. The van der Waals surface area contributed by atoms with Gasteiger partial charge in [-0.1, -0.05) is 0 Å². The first-order valence-corrected chi connectivity index (χ1v) is 5.19. The van der Waals surface area contributed by atoms with Crippen molar-refractivity contribution in [2.45, 2.75) is 13.5 Å². The fraction of sp³-hybridized carbons (Fsp3) is 0.500. The van der Waals surface area contributed by atoms with E-state index in [-0.39, 0.29) is 12.5 Å². The summed E-state index contributed by atoms with van der Waals surface area (Å²) in [7, 11) is 1.61. The van der Waals surface area contributed by atoms with Crippen LogP contribution in [-0.4, -0.2) is 36.2 Å². The van der Waals surface area contributed by atoms with Crippen LogP contribution in [0.2, 0.25) is 0 Å². The third kappa shape index (κ3) is 2.90. The minimum atomic E-state index is -0.0597. The highest BCUT2D eigenvalue weighted by Crippen LogP contribution is 2.14. The number of hydrogen-bond acceptors (Lipinski definition) is 5. The van der Waals surface area contributed by atoms with Gasteiger partial charge in [0.05, 0.1) is 12.7 Å². The highest BCUT2D eigenvalue weighted by atomic mass is 16.1. The highest BCUT2D eigenvalue weighted by Gasteiger charge is 2.13. The molecule has 88 valence electrons. The monoisotopic (exact) mass is 223 g/mol. The predicted molar refractivity (Wildman–Crippen MR) is 61.9 cm³/mol. The highest BCUT2D eigenvalue weighted by molar-refractivity contribution is 5.80. The molecule has 0 bridgehead atoms. The summed E-state index contributed by atoms with van der Waals surface area (Å²) in [6.45, 7) is 3.28. The van der Waals surface area contributed by atoms with Crippen molar-refractivity contribution in [1.82, 2.24) is 15.5 Å². The molecule has 0 spiro atoms. The van der Waals surface area contributed by atoms with Crippen LogP contribution in [0.4, 0.5) is 5.82 Å². The van der Waals surface area contributed by atoms with E-state index in [1.807, 2.05) is 17.9 Å². The van der Waals surface area contributed by atoms with E-state index in [0.717, 1.165) is 5.56 Å². The van der Waals surface area contributed by atoms with Crippen LogP contribution < -0.4 is 16.0 Å². The molecule has 0 aromatic carbocycles. The number of nitrogens with zero attached hydrogens (tertiary/aromatic N) is 3. The van der Waals surface area contributed by atoms with Gasteiger partial charge in [-0.2, -0.15) is 5.10 Å². The Morgan fingerprint density at radius 1 is 1.62 bits per heavy atom. The lowest BCUT2D eigenvalue weighted by Gasteiger charge is -2.22. The zero-order valence-electron chi connectivity index (χ0n) is 9.60. The Balaban J connectivity index is 2.89. The average molecular weight is 223 g/mol. The Labute approximate surface area is 94.8 Å². The Morgan fingerprint density at radius 3 is 2.94 bits per heavy atom. The number of anilines is 1. The fourth-order valence-electron chi connectivity index (χ4n) is 1.36. The predicted octanol–water partition coefficient (Wildman–Crippen LogP) is -0.492. The second-order valence-electron chi connectivity index (χ2n) is 3.27. The average Bonchev–Trinajstić information content (AvgIpc) is 2.35. The van der Waals surface area contributed by atoms with E-state index >= 15 is 0 Å². The molecule has 6 nitrogen and oxygen atoms in total. The van der Waals surface area contributed by atoms with Crippen molar-refractivity contribution in [2.75, 3.05) is 25.0 Å². The molecule has 1 heterocycles. The number of aromatic nitrogens is 2. The molecule has 0 saturated carbocycles. The maximum Gasteiger partial charge on any atom is 0.239 e. The van der Waals surface area contributed by atoms with E-state index in [1.165, 1.54) is 0 Å². The lowest BCUT2D eigenvalue weighted by atomic mass is 10.2. The third-order valence-electron chi connectivity index (χ3n) is 2.30. The summed E-state index contributed by atoms with van der Waals surface area (Å²) in [5.41, 5.74) is 6.50. The van der Waals surface area contributed by atoms with Crippen LogP contribution in [0.3, 0.4) is 0 Å². The van der Waals surface area contributed by atoms with E-state index in [1.54, 1.807) is 13.2 Å². The van der Waals surface area contributed by atoms with E-state index in [4.69, 9.17) is 5.73 Å². The van der Waals surface area contributed by atoms with Gasteiger partial charge in [0.2, 0.25) is 5.91 Å². The SMILES string of the molecule is CCN(CC(=O)NC)c1nnccc1CN. The van der Waals surface area contributed by atoms with E-state index in [9.17, 15) is 4.79 Å². The first-order valence-electron chi connectivity index (χ1n) is 5.19. The van der Waals surface area contributed by atoms with Crippen LogP contribution in [0.5, 0.6) is 0 Å². The van der Waals surface area contributed by atoms with Crippen molar-refractivity contribution in [2.24, 2.45) is 5.73 Å². The molecule has 1 amide bonds. The number of hydrogen-bond donors (Lipinski definition) is 2. The molecule has 1 aromatic heterocycles. The number of nitrogens with two attached hydrogens (primary N) is 1. The molecule has 0 fully saturated rings. The van der Waals surface area contributed by atoms with Gasteiger partial charge in [0.25, 0.3) is 0 Å². The lowest BCUT2D eigenvalue weighted by Crippen LogP contribution is -2.36. The zero-order chi connectivity index (χ0) is 12.0. The van der Waals surface area contributed by atoms with Crippen molar-refractivity contribution in [3.8, 4) is 0 Å². The summed E-state index contributed by atoms with van der Waals surface area (Å²) in [6, 6.07) is 1.81. The first-order chi connectivity index (χ1) is 7.72. The van der Waals surface area contributed by atoms with Gasteiger partial charge in [-0.05, 0) is 13.0 Å². The third-order valence-corrected chi connectivity index (χ3v) is 2.30. The standard InChI is InChI=1S/C10H17N5O/c1-3-15(7-9(16)12-2)10-8(6-11)4-5-13-14-10/h4-5H,3,6-7,11H2,1-2H3,(H,12,16). The van der Waals surface area contributed by atoms with E-state index in [0.29, 0.717) is 18.9 Å². The van der Waals surface area contributed by atoms with Crippen LogP contribution in [0.1, 0.15) is 12.5 Å². The summed E-state index contributed by atoms with van der Waals surface area (Å²) < 4.78 is 0. The Hall–Kier alpha value is -1.69. The molecule has 0 unspecified atom stereocenters. The Kier molecular flexibility index (Phi) is 4.65. The van der Waals surface area contributed by atoms with Crippen molar-refractivity contribution in [3.63, 3.8) is 0 Å². The minimum absolute atomic E-state index is 0.0597. The smallest absolute Gasteiger partial charge is 0.239 e. The molecule has 0 aliphatic rings. The van der Waals surface area contributed by atoms with Crippen molar-refractivity contribution in [3.05, 3.63) is 17.8 Å². The summed E-state index contributed by atoms with van der Waals surface area (Å²) >= 11 is 0. The Bertz CT molecular complexity index is 355. The van der Waals surface area contributed by atoms with Gasteiger partial charge in [0.1, 0.15) is 0 Å². The second-order valence-corrected chi connectivity index (χ2v) is 3.27. The van der Waals surface area contributed by atoms with Gasteiger partial charge in [0, 0.05) is 25.7 Å². The first kappa shape index (κ1) is 12.4. The van der Waals surface area contributed by atoms with Crippen molar-refractivity contribution in [1.29, 1.82) is 0 Å². The largest absolute Gasteiger partial charge is 0.358 e. The molecule has 1 rings (SSSR count). The zero-order valence-corrected chi connectivity index (χ0v) is 9.60. The molecular weight excluding hydrogens is 206 g/mol. The number of nitrogens with one attached hydrogen (secondary N) is 1. The molecule has 0 aliphatic carbocycles. The van der Waals surface area contributed by atoms with Gasteiger partial charge < -0.3 is 16.0 Å². The molecular formula is C10H17N5O. The quantitative estimate of drug-likeness (QED) is 0.703. The van der Waals surface area contributed by atoms with Crippen molar-refractivity contribution < 1.29 is 4.79 Å². The number of rotatable bonds is 5. The molecule has 0 saturated heterocycles. The molecule has 0 atom stereocenters. The molecule has 0 radical (unpaired) electrons. The van der Waals surface area contributed by atoms with Crippen molar-refractivity contribution >= 4 is 11.7 Å². The molecule has 1 aromatic rings. The molecule has 6 heteroatoms. The molecule has 0 aliphatic heterocycles. The van der Waals surface area contributed by atoms with E-state index in [2.05, 4.69) is 15.5 Å². The summed E-state index contributed by atoms with van der Waals surface area (Å²) in [6.07, 6.45) is 1.60. The number of carbonyl (C=O) groups is 1. The normalized spacial score (nSPS) is 9.94. The lowest BCUT2D eigenvalue weighted by molar-refractivity contribution is -0.119. The summed E-state index contributed by atoms with van der Waals surface area (Å²) in [5, 5.41) is 10.4. The van der Waals surface area contributed by atoms with Crippen LogP contribution in [0, 0.1) is 0 Å². The molecule has 16 heavy (non-hydrogen) atoms. The topological polar surface area (TPSA) is 84.1 Å². The van der Waals surface area contributed by atoms with Gasteiger partial charge in [-0.3, -0.25) is 4.79 Å². The number of carbonyl (C=O) groups excluding carboxylic acids is 1. The summed E-state index contributed by atoms with van der Waals surface area (Å²) in [4.78, 5) is 13.2. The van der Waals surface area contributed by atoms with Gasteiger partial charge in [-0.15, -0.1) is 5.10 Å². The maximum absolute atomic E-state index is 11.3. The second kappa shape index (κ2) is 6.02. The van der Waals surface area contributed by atoms with Gasteiger partial charge >= 0.3 is 0 Å². The molecule has 3 N–H and O–H groups in total. The van der Waals surface area contributed by atoms with Gasteiger partial charge in [-0.25, -0.2) is 0 Å². The van der Waals surface area contributed by atoms with Crippen LogP contribution in [0.15, 0.2) is 12.3 Å². The van der Waals surface area contributed by atoms with Crippen LogP contribution in [-0.2, 0) is 11.3 Å². The maximum atomic E-state index is 11.3. The van der Waals surface area contributed by atoms with Crippen LogP contribution >= 0.6 is 0 Å². The van der Waals surface area contributed by atoms with E-state index < -0.39 is 0 Å². The Morgan fingerprint density at radius 2 is 2.38 bits per heavy atom. The number of amides is 1. The van der Waals surface area contributed by atoms with Gasteiger partial charge in [0.15, 0.2) is 5.82 Å². The minimum Gasteiger partial charge on any atom is -0.358 e. The number of likely N-dealkylation sites (N-methyl/N-ethyl adjacent to an activating group) is 2.